The van der Waals surface area contributed by atoms with Gasteiger partial charge in [-0.15, -0.1) is 0 Å². The van der Waals surface area contributed by atoms with Gasteiger partial charge < -0.3 is 5.32 Å². The largest absolute Gasteiger partial charge is 0.325 e. The number of sulfonamides is 1. The summed E-state index contributed by atoms with van der Waals surface area (Å²) in [6.07, 6.45) is 0. The number of carbonyl (C=O) groups is 1. The molecule has 0 unspecified atom stereocenters. The molecule has 0 heterocycles. The van der Waals surface area contributed by atoms with Crippen LogP contribution in [0.5, 0.6) is 0 Å². The Morgan fingerprint density at radius 3 is 2.13 bits per heavy atom. The number of rotatable bonds is 7. The number of carbonyl (C=O) groups excluding carboxylic acids is 1. The third kappa shape index (κ3) is 6.35. The third-order valence-corrected chi connectivity index (χ3v) is 7.12. The summed E-state index contributed by atoms with van der Waals surface area (Å²) in [5, 5.41) is 4.19. The summed E-state index contributed by atoms with van der Waals surface area (Å²) in [7, 11) is -4.04. The number of nitrogens with one attached hydrogen (secondary N) is 1. The monoisotopic (exact) mass is 516 g/mol. The summed E-state index contributed by atoms with van der Waals surface area (Å²) in [6.45, 7) is -0.583. The summed E-state index contributed by atoms with van der Waals surface area (Å²) < 4.78 is 27.6. The molecule has 0 atom stereocenters. The van der Waals surface area contributed by atoms with Gasteiger partial charge in [-0.25, -0.2) is 8.42 Å². The number of hydrogen-bond donors (Lipinski definition) is 1. The minimum atomic E-state index is -4.04. The first kappa shape index (κ1) is 23.9. The predicted octanol–water partition coefficient (Wildman–Crippen LogP) is 6.13. The molecule has 0 aliphatic rings. The van der Waals surface area contributed by atoms with Gasteiger partial charge in [-0.2, -0.15) is 4.31 Å². The van der Waals surface area contributed by atoms with E-state index >= 15 is 0 Å². The van der Waals surface area contributed by atoms with Crippen LogP contribution in [0.2, 0.25) is 20.1 Å². The highest BCUT2D eigenvalue weighted by Gasteiger charge is 2.27. The van der Waals surface area contributed by atoms with Gasteiger partial charge in [0.25, 0.3) is 0 Å². The van der Waals surface area contributed by atoms with Crippen molar-refractivity contribution < 1.29 is 13.2 Å². The quantitative estimate of drug-likeness (QED) is 0.410. The van der Waals surface area contributed by atoms with Crippen molar-refractivity contribution in [3.8, 4) is 0 Å². The SMILES string of the molecule is O=C(CN(Cc1ccc(Cl)cc1Cl)S(=O)(=O)c1ccc(Cl)cc1)Nc1cccc(Cl)c1. The first-order chi connectivity index (χ1) is 14.6. The number of benzene rings is 3. The van der Waals surface area contributed by atoms with Crippen molar-refractivity contribution in [1.29, 1.82) is 0 Å². The average molecular weight is 518 g/mol. The summed E-state index contributed by atoms with van der Waals surface area (Å²) in [4.78, 5) is 12.7. The molecule has 0 aliphatic heterocycles. The van der Waals surface area contributed by atoms with Crippen LogP contribution in [0.3, 0.4) is 0 Å². The molecule has 0 spiro atoms. The second kappa shape index (κ2) is 10.2. The van der Waals surface area contributed by atoms with Crippen molar-refractivity contribution in [3.05, 3.63) is 92.4 Å². The Hall–Kier alpha value is -1.80. The van der Waals surface area contributed by atoms with E-state index in [0.29, 0.717) is 31.3 Å². The molecule has 3 aromatic rings. The Morgan fingerprint density at radius 1 is 0.839 bits per heavy atom. The maximum absolute atomic E-state index is 13.3. The van der Waals surface area contributed by atoms with E-state index in [1.165, 1.54) is 30.3 Å². The molecule has 0 fully saturated rings. The molecule has 0 bridgehead atoms. The number of amides is 1. The minimum Gasteiger partial charge on any atom is -0.325 e. The van der Waals surface area contributed by atoms with Crippen LogP contribution in [-0.2, 0) is 21.4 Å². The predicted molar refractivity (Wildman–Crippen MR) is 126 cm³/mol. The Labute approximate surface area is 200 Å². The van der Waals surface area contributed by atoms with Crippen LogP contribution < -0.4 is 5.32 Å². The van der Waals surface area contributed by atoms with E-state index in [0.717, 1.165) is 4.31 Å². The van der Waals surface area contributed by atoms with E-state index in [4.69, 9.17) is 46.4 Å². The molecule has 0 aromatic heterocycles. The minimum absolute atomic E-state index is 0.00228. The molecule has 0 radical (unpaired) electrons. The second-order valence-electron chi connectivity index (χ2n) is 6.52. The molecule has 0 saturated heterocycles. The highest BCUT2D eigenvalue weighted by molar-refractivity contribution is 7.89. The maximum Gasteiger partial charge on any atom is 0.243 e. The molecule has 0 saturated carbocycles. The fourth-order valence-electron chi connectivity index (χ4n) is 2.75. The molecular formula is C21H16Cl4N2O3S. The van der Waals surface area contributed by atoms with Crippen molar-refractivity contribution in [3.63, 3.8) is 0 Å². The molecular weight excluding hydrogens is 502 g/mol. The zero-order valence-corrected chi connectivity index (χ0v) is 19.7. The van der Waals surface area contributed by atoms with Gasteiger partial charge in [0.1, 0.15) is 0 Å². The number of anilines is 1. The van der Waals surface area contributed by atoms with Crippen molar-refractivity contribution >= 4 is 68.0 Å². The average Bonchev–Trinajstić information content (AvgIpc) is 2.69. The van der Waals surface area contributed by atoms with Gasteiger partial charge in [0.2, 0.25) is 15.9 Å². The number of nitrogens with zero attached hydrogens (tertiary/aromatic N) is 1. The maximum atomic E-state index is 13.3. The highest BCUT2D eigenvalue weighted by atomic mass is 35.5. The molecule has 162 valence electrons. The van der Waals surface area contributed by atoms with Crippen molar-refractivity contribution in [2.24, 2.45) is 0 Å². The van der Waals surface area contributed by atoms with E-state index in [-0.39, 0.29) is 11.4 Å². The van der Waals surface area contributed by atoms with Crippen LogP contribution in [0, 0.1) is 0 Å². The Morgan fingerprint density at radius 2 is 1.48 bits per heavy atom. The van der Waals surface area contributed by atoms with Crippen LogP contribution in [-0.4, -0.2) is 25.2 Å². The van der Waals surface area contributed by atoms with Crippen molar-refractivity contribution in [1.82, 2.24) is 4.31 Å². The zero-order chi connectivity index (χ0) is 22.6. The molecule has 31 heavy (non-hydrogen) atoms. The van der Waals surface area contributed by atoms with Gasteiger partial charge in [0, 0.05) is 32.3 Å². The van der Waals surface area contributed by atoms with E-state index < -0.39 is 22.5 Å². The van der Waals surface area contributed by atoms with Crippen LogP contribution in [0.1, 0.15) is 5.56 Å². The van der Waals surface area contributed by atoms with E-state index in [2.05, 4.69) is 5.32 Å². The lowest BCUT2D eigenvalue weighted by Gasteiger charge is -2.22. The van der Waals surface area contributed by atoms with Crippen LogP contribution in [0.25, 0.3) is 0 Å². The Kier molecular flexibility index (Phi) is 7.86. The molecule has 1 amide bonds. The summed E-state index contributed by atoms with van der Waals surface area (Å²) in [5.74, 6) is -0.537. The number of halogens is 4. The van der Waals surface area contributed by atoms with E-state index in [1.54, 1.807) is 36.4 Å². The smallest absolute Gasteiger partial charge is 0.243 e. The van der Waals surface area contributed by atoms with E-state index in [1.807, 2.05) is 0 Å². The normalized spacial score (nSPS) is 11.5. The Bertz CT molecular complexity index is 1200. The van der Waals surface area contributed by atoms with Crippen molar-refractivity contribution in [2.45, 2.75) is 11.4 Å². The lowest BCUT2D eigenvalue weighted by Crippen LogP contribution is -2.37. The Balaban J connectivity index is 1.91. The van der Waals surface area contributed by atoms with E-state index in [9.17, 15) is 13.2 Å². The highest BCUT2D eigenvalue weighted by Crippen LogP contribution is 2.26. The molecule has 0 aliphatic carbocycles. The standard InChI is InChI=1S/C21H16Cl4N2O3S/c22-15-6-8-19(9-7-15)31(29,30)27(12-14-4-5-17(24)11-20(14)25)13-21(28)26-18-3-1-2-16(23)10-18/h1-11H,12-13H2,(H,26,28). The molecule has 3 aromatic carbocycles. The lowest BCUT2D eigenvalue weighted by atomic mass is 10.2. The topological polar surface area (TPSA) is 66.5 Å². The van der Waals surface area contributed by atoms with Crippen LogP contribution >= 0.6 is 46.4 Å². The van der Waals surface area contributed by atoms with Crippen molar-refractivity contribution in [2.75, 3.05) is 11.9 Å². The second-order valence-corrected chi connectivity index (χ2v) is 10.2. The molecule has 1 N–H and O–H groups in total. The first-order valence-electron chi connectivity index (χ1n) is 8.90. The van der Waals surface area contributed by atoms with Gasteiger partial charge in [-0.3, -0.25) is 4.79 Å². The van der Waals surface area contributed by atoms with Gasteiger partial charge in [-0.1, -0.05) is 58.5 Å². The summed E-state index contributed by atoms with van der Waals surface area (Å²) in [5.41, 5.74) is 0.949. The van der Waals surface area contributed by atoms with Crippen LogP contribution in [0.15, 0.2) is 71.6 Å². The first-order valence-corrected chi connectivity index (χ1v) is 11.9. The summed E-state index contributed by atoms with van der Waals surface area (Å²) >= 11 is 24.0. The fraction of sp³-hybridized carbons (Fsp3) is 0.0952. The molecule has 3 rings (SSSR count). The third-order valence-electron chi connectivity index (χ3n) is 4.24. The lowest BCUT2D eigenvalue weighted by molar-refractivity contribution is -0.116. The van der Waals surface area contributed by atoms with Gasteiger partial charge in [-0.05, 0) is 60.2 Å². The summed E-state index contributed by atoms with van der Waals surface area (Å²) in [6, 6.07) is 17.0. The van der Waals surface area contributed by atoms with Gasteiger partial charge in [0.15, 0.2) is 0 Å². The molecule has 10 heteroatoms. The van der Waals surface area contributed by atoms with Gasteiger partial charge in [0.05, 0.1) is 11.4 Å². The zero-order valence-electron chi connectivity index (χ0n) is 15.9. The molecule has 5 nitrogen and oxygen atoms in total. The van der Waals surface area contributed by atoms with Crippen LogP contribution in [0.4, 0.5) is 5.69 Å². The van der Waals surface area contributed by atoms with Gasteiger partial charge >= 0.3 is 0 Å². The fourth-order valence-corrected chi connectivity index (χ4v) is 4.91. The number of hydrogen-bond acceptors (Lipinski definition) is 3.